The van der Waals surface area contributed by atoms with Gasteiger partial charge in [-0.1, -0.05) is 40.5 Å². The third-order valence-electron chi connectivity index (χ3n) is 3.53. The van der Waals surface area contributed by atoms with E-state index in [1.165, 1.54) is 32.1 Å². The molecule has 0 saturated carbocycles. The van der Waals surface area contributed by atoms with E-state index in [1.807, 2.05) is 0 Å². The summed E-state index contributed by atoms with van der Waals surface area (Å²) in [6, 6.07) is 0.579. The summed E-state index contributed by atoms with van der Waals surface area (Å²) in [5, 5.41) is 3.60. The van der Waals surface area contributed by atoms with E-state index in [-0.39, 0.29) is 0 Å². The highest BCUT2D eigenvalue weighted by Crippen LogP contribution is 2.32. The van der Waals surface area contributed by atoms with Gasteiger partial charge < -0.3 is 10.1 Å². The SMILES string of the molecule is CCCCC(CC)(CCOC)CNC(C)C. The first-order chi connectivity index (χ1) is 7.60. The van der Waals surface area contributed by atoms with E-state index < -0.39 is 0 Å². The zero-order chi connectivity index (χ0) is 12.4. The third-order valence-corrected chi connectivity index (χ3v) is 3.53. The minimum absolute atomic E-state index is 0.441. The van der Waals surface area contributed by atoms with Crippen LogP contribution in [0, 0.1) is 5.41 Å². The maximum absolute atomic E-state index is 5.26. The highest BCUT2D eigenvalue weighted by atomic mass is 16.5. The second-order valence-electron chi connectivity index (χ2n) is 5.24. The van der Waals surface area contributed by atoms with Crippen molar-refractivity contribution in [2.24, 2.45) is 5.41 Å². The molecule has 0 spiro atoms. The summed E-state index contributed by atoms with van der Waals surface area (Å²) in [6.07, 6.45) is 6.37. The number of rotatable bonds is 10. The summed E-state index contributed by atoms with van der Waals surface area (Å²) in [6.45, 7) is 11.0. The van der Waals surface area contributed by atoms with Crippen LogP contribution in [0.25, 0.3) is 0 Å². The van der Waals surface area contributed by atoms with Crippen LogP contribution in [0.3, 0.4) is 0 Å². The Hall–Kier alpha value is -0.0800. The van der Waals surface area contributed by atoms with E-state index in [9.17, 15) is 0 Å². The summed E-state index contributed by atoms with van der Waals surface area (Å²) < 4.78 is 5.26. The Morgan fingerprint density at radius 1 is 1.19 bits per heavy atom. The van der Waals surface area contributed by atoms with Gasteiger partial charge in [-0.25, -0.2) is 0 Å². The highest BCUT2D eigenvalue weighted by Gasteiger charge is 2.27. The van der Waals surface area contributed by atoms with Gasteiger partial charge in [0, 0.05) is 26.3 Å². The predicted molar refractivity (Wildman–Crippen MR) is 71.9 cm³/mol. The van der Waals surface area contributed by atoms with Gasteiger partial charge >= 0.3 is 0 Å². The lowest BCUT2D eigenvalue weighted by atomic mass is 9.77. The van der Waals surface area contributed by atoms with Crippen LogP contribution in [0.15, 0.2) is 0 Å². The van der Waals surface area contributed by atoms with E-state index in [4.69, 9.17) is 4.74 Å². The Bertz CT molecular complexity index is 149. The molecule has 0 aliphatic heterocycles. The molecule has 2 heteroatoms. The van der Waals surface area contributed by atoms with Gasteiger partial charge in [0.25, 0.3) is 0 Å². The minimum atomic E-state index is 0.441. The summed E-state index contributed by atoms with van der Waals surface area (Å²) in [4.78, 5) is 0. The molecule has 2 nitrogen and oxygen atoms in total. The molecule has 0 aromatic heterocycles. The largest absolute Gasteiger partial charge is 0.385 e. The van der Waals surface area contributed by atoms with Crippen LogP contribution in [0.4, 0.5) is 0 Å². The number of methoxy groups -OCH3 is 1. The molecule has 1 atom stereocenters. The average molecular weight is 229 g/mol. The van der Waals surface area contributed by atoms with Gasteiger partial charge in [-0.15, -0.1) is 0 Å². The van der Waals surface area contributed by atoms with Crippen molar-refractivity contribution >= 4 is 0 Å². The van der Waals surface area contributed by atoms with Crippen molar-refractivity contribution in [2.45, 2.75) is 65.8 Å². The molecule has 0 amide bonds. The molecule has 98 valence electrons. The van der Waals surface area contributed by atoms with E-state index in [2.05, 4.69) is 33.0 Å². The molecule has 0 heterocycles. The van der Waals surface area contributed by atoms with Gasteiger partial charge in [-0.05, 0) is 24.7 Å². The summed E-state index contributed by atoms with van der Waals surface area (Å²) in [5.74, 6) is 0. The van der Waals surface area contributed by atoms with Crippen LogP contribution >= 0.6 is 0 Å². The molecule has 0 aliphatic rings. The predicted octanol–water partition coefficient (Wildman–Crippen LogP) is 3.61. The fourth-order valence-corrected chi connectivity index (χ4v) is 2.07. The number of hydrogen-bond acceptors (Lipinski definition) is 2. The van der Waals surface area contributed by atoms with Crippen LogP contribution < -0.4 is 5.32 Å². The summed E-state index contributed by atoms with van der Waals surface area (Å²) in [5.41, 5.74) is 0.441. The molecule has 0 saturated heterocycles. The van der Waals surface area contributed by atoms with Gasteiger partial charge in [0.15, 0.2) is 0 Å². The molecule has 0 aromatic rings. The fourth-order valence-electron chi connectivity index (χ4n) is 2.07. The zero-order valence-electron chi connectivity index (χ0n) is 11.9. The van der Waals surface area contributed by atoms with Crippen LogP contribution in [0.2, 0.25) is 0 Å². The molecule has 0 rings (SSSR count). The Morgan fingerprint density at radius 3 is 2.31 bits per heavy atom. The van der Waals surface area contributed by atoms with Gasteiger partial charge in [0.1, 0.15) is 0 Å². The molecular weight excluding hydrogens is 198 g/mol. The smallest absolute Gasteiger partial charge is 0.0468 e. The monoisotopic (exact) mass is 229 g/mol. The summed E-state index contributed by atoms with van der Waals surface area (Å²) in [7, 11) is 1.80. The first-order valence-electron chi connectivity index (χ1n) is 6.82. The van der Waals surface area contributed by atoms with E-state index >= 15 is 0 Å². The van der Waals surface area contributed by atoms with Crippen LogP contribution in [0.1, 0.15) is 59.8 Å². The molecule has 0 aromatic carbocycles. The van der Waals surface area contributed by atoms with E-state index in [0.29, 0.717) is 11.5 Å². The average Bonchev–Trinajstić information content (AvgIpc) is 2.29. The van der Waals surface area contributed by atoms with Gasteiger partial charge in [0.05, 0.1) is 0 Å². The molecule has 0 radical (unpaired) electrons. The van der Waals surface area contributed by atoms with Gasteiger partial charge in [-0.2, -0.15) is 0 Å². The van der Waals surface area contributed by atoms with E-state index in [1.54, 1.807) is 7.11 Å². The molecule has 0 fully saturated rings. The lowest BCUT2D eigenvalue weighted by Gasteiger charge is -2.34. The zero-order valence-corrected chi connectivity index (χ0v) is 11.9. The Kier molecular flexibility index (Phi) is 8.96. The second-order valence-corrected chi connectivity index (χ2v) is 5.24. The molecule has 1 N–H and O–H groups in total. The van der Waals surface area contributed by atoms with Gasteiger partial charge in [-0.3, -0.25) is 0 Å². The number of nitrogens with one attached hydrogen (secondary N) is 1. The number of unbranched alkanes of at least 4 members (excludes halogenated alkanes) is 1. The van der Waals surface area contributed by atoms with E-state index in [0.717, 1.165) is 13.2 Å². The van der Waals surface area contributed by atoms with Crippen molar-refractivity contribution in [3.05, 3.63) is 0 Å². The molecule has 16 heavy (non-hydrogen) atoms. The lowest BCUT2D eigenvalue weighted by molar-refractivity contribution is 0.118. The van der Waals surface area contributed by atoms with Gasteiger partial charge in [0.2, 0.25) is 0 Å². The molecular formula is C14H31NO. The van der Waals surface area contributed by atoms with Crippen molar-refractivity contribution in [3.63, 3.8) is 0 Å². The Balaban J connectivity index is 4.27. The topological polar surface area (TPSA) is 21.3 Å². The lowest BCUT2D eigenvalue weighted by Crippen LogP contribution is -2.38. The first kappa shape index (κ1) is 15.9. The van der Waals surface area contributed by atoms with Crippen molar-refractivity contribution in [1.29, 1.82) is 0 Å². The van der Waals surface area contributed by atoms with Crippen LogP contribution in [0.5, 0.6) is 0 Å². The minimum Gasteiger partial charge on any atom is -0.385 e. The van der Waals surface area contributed by atoms with Crippen molar-refractivity contribution in [3.8, 4) is 0 Å². The van der Waals surface area contributed by atoms with Crippen LogP contribution in [-0.4, -0.2) is 26.3 Å². The highest BCUT2D eigenvalue weighted by molar-refractivity contribution is 4.81. The Labute approximate surface area is 102 Å². The van der Waals surface area contributed by atoms with Crippen LogP contribution in [-0.2, 0) is 4.74 Å². The number of hydrogen-bond donors (Lipinski definition) is 1. The normalized spacial score (nSPS) is 15.4. The first-order valence-corrected chi connectivity index (χ1v) is 6.82. The quantitative estimate of drug-likeness (QED) is 0.618. The second kappa shape index (κ2) is 9.00. The molecule has 0 aliphatic carbocycles. The maximum atomic E-state index is 5.26. The number of ether oxygens (including phenoxy) is 1. The summed E-state index contributed by atoms with van der Waals surface area (Å²) >= 11 is 0. The third kappa shape index (κ3) is 6.49. The van der Waals surface area contributed by atoms with Crippen molar-refractivity contribution in [1.82, 2.24) is 5.32 Å². The molecule has 0 bridgehead atoms. The fraction of sp³-hybridized carbons (Fsp3) is 1.00. The Morgan fingerprint density at radius 2 is 1.88 bits per heavy atom. The van der Waals surface area contributed by atoms with Crippen molar-refractivity contribution < 1.29 is 4.74 Å². The molecule has 1 unspecified atom stereocenters. The standard InChI is InChI=1S/C14H31NO/c1-6-8-9-14(7-2,10-11-16-5)12-15-13(3)4/h13,15H,6-12H2,1-5H3. The maximum Gasteiger partial charge on any atom is 0.0468 e. The van der Waals surface area contributed by atoms with Crippen molar-refractivity contribution in [2.75, 3.05) is 20.3 Å².